The molecule has 172 valence electrons. The lowest BCUT2D eigenvalue weighted by molar-refractivity contribution is -0.123. The van der Waals surface area contributed by atoms with Gasteiger partial charge in [0.15, 0.2) is 0 Å². The second kappa shape index (κ2) is 7.23. The summed E-state index contributed by atoms with van der Waals surface area (Å²) in [5.74, 6) is -0.478. The molecule has 2 bridgehead atoms. The number of carbonyl (C=O) groups is 2. The van der Waals surface area contributed by atoms with Gasteiger partial charge in [0.1, 0.15) is 5.75 Å². The Morgan fingerprint density at radius 1 is 0.941 bits per heavy atom. The number of halogens is 1. The van der Waals surface area contributed by atoms with Crippen molar-refractivity contribution in [2.45, 2.75) is 22.6 Å². The van der Waals surface area contributed by atoms with Crippen molar-refractivity contribution in [3.8, 4) is 5.75 Å². The number of nitrogens with one attached hydrogen (secondary N) is 1. The van der Waals surface area contributed by atoms with E-state index in [1.165, 1.54) is 16.2 Å². The number of anilines is 1. The van der Waals surface area contributed by atoms with E-state index in [1.54, 1.807) is 48.2 Å². The maximum atomic E-state index is 13.7. The maximum absolute atomic E-state index is 13.7. The second-order valence-electron chi connectivity index (χ2n) is 9.54. The first-order chi connectivity index (χ1) is 16.4. The molecule has 2 amide bonds. The Bertz CT molecular complexity index is 1400. The van der Waals surface area contributed by atoms with E-state index in [9.17, 15) is 19.5 Å². The summed E-state index contributed by atoms with van der Waals surface area (Å²) in [6, 6.07) is 14.0. The minimum absolute atomic E-state index is 0.0470. The number of hydrogen-bond acceptors (Lipinski definition) is 6. The molecule has 0 unspecified atom stereocenters. The lowest BCUT2D eigenvalue weighted by Gasteiger charge is -2.43. The quantitative estimate of drug-likeness (QED) is 0.496. The number of thioether (sulfide) groups is 1. The summed E-state index contributed by atoms with van der Waals surface area (Å²) in [5.41, 5.74) is 1.60. The third kappa shape index (κ3) is 2.73. The zero-order valence-electron chi connectivity index (χ0n) is 17.7. The van der Waals surface area contributed by atoms with Crippen LogP contribution in [0.5, 0.6) is 5.75 Å². The molecule has 3 fully saturated rings. The zero-order chi connectivity index (χ0) is 23.3. The zero-order valence-corrected chi connectivity index (χ0v) is 20.1. The fourth-order valence-electron chi connectivity index (χ4n) is 6.92. The summed E-state index contributed by atoms with van der Waals surface area (Å²) < 4.78 is 0. The van der Waals surface area contributed by atoms with Crippen LogP contribution in [0.4, 0.5) is 5.69 Å². The van der Waals surface area contributed by atoms with Gasteiger partial charge in [0, 0.05) is 21.1 Å². The molecular weight excluding hydrogens is 492 g/mol. The van der Waals surface area contributed by atoms with E-state index in [1.807, 2.05) is 12.1 Å². The molecule has 3 aromatic rings. The van der Waals surface area contributed by atoms with Crippen molar-refractivity contribution in [1.29, 1.82) is 0 Å². The van der Waals surface area contributed by atoms with Gasteiger partial charge >= 0.3 is 4.87 Å². The van der Waals surface area contributed by atoms with Crippen LogP contribution in [-0.4, -0.2) is 27.2 Å². The molecule has 0 spiro atoms. The Balaban J connectivity index is 1.32. The summed E-state index contributed by atoms with van der Waals surface area (Å²) in [7, 11) is 0. The van der Waals surface area contributed by atoms with Crippen LogP contribution in [0, 0.1) is 29.6 Å². The van der Waals surface area contributed by atoms with Crippen LogP contribution < -0.4 is 9.77 Å². The number of aromatic hydroxyl groups is 1. The van der Waals surface area contributed by atoms with Gasteiger partial charge in [0.2, 0.25) is 11.8 Å². The number of aromatic nitrogens is 1. The number of phenols is 1. The minimum atomic E-state index is -0.341. The van der Waals surface area contributed by atoms with E-state index >= 15 is 0 Å². The summed E-state index contributed by atoms with van der Waals surface area (Å²) in [4.78, 5) is 44.8. The van der Waals surface area contributed by atoms with E-state index in [0.29, 0.717) is 10.7 Å². The number of aromatic amines is 1. The fraction of sp³-hybridized carbons (Fsp3) is 0.320. The lowest BCUT2D eigenvalue weighted by atomic mass is 9.68. The van der Waals surface area contributed by atoms with Crippen molar-refractivity contribution in [2.24, 2.45) is 29.6 Å². The van der Waals surface area contributed by atoms with Gasteiger partial charge in [-0.2, -0.15) is 0 Å². The molecule has 0 radical (unpaired) electrons. The van der Waals surface area contributed by atoms with Crippen LogP contribution in [-0.2, 0) is 9.59 Å². The first-order valence-corrected chi connectivity index (χ1v) is 13.3. The average molecular weight is 511 g/mol. The third-order valence-electron chi connectivity index (χ3n) is 8.06. The molecule has 1 aromatic heterocycles. The molecule has 6 nitrogen and oxygen atoms in total. The molecular formula is C25H19ClN2O4S2. The number of H-pyrrole nitrogens is 1. The molecule has 1 saturated heterocycles. The van der Waals surface area contributed by atoms with Crippen molar-refractivity contribution in [1.82, 2.24) is 4.98 Å². The first-order valence-electron chi connectivity index (χ1n) is 11.2. The van der Waals surface area contributed by atoms with Crippen LogP contribution in [0.3, 0.4) is 0 Å². The molecule has 2 saturated carbocycles. The van der Waals surface area contributed by atoms with Gasteiger partial charge in [0.25, 0.3) is 0 Å². The van der Waals surface area contributed by atoms with E-state index in [4.69, 9.17) is 11.6 Å². The van der Waals surface area contributed by atoms with E-state index in [-0.39, 0.29) is 63.2 Å². The summed E-state index contributed by atoms with van der Waals surface area (Å²) in [6.07, 6.45) is 0.845. The highest BCUT2D eigenvalue weighted by Crippen LogP contribution is 2.68. The van der Waals surface area contributed by atoms with Gasteiger partial charge in [-0.1, -0.05) is 35.1 Å². The Labute approximate surface area is 207 Å². The number of phenolic OH excluding ortho intramolecular Hbond substituents is 1. The molecule has 3 heterocycles. The van der Waals surface area contributed by atoms with Crippen LogP contribution in [0.2, 0.25) is 5.02 Å². The van der Waals surface area contributed by atoms with Gasteiger partial charge in [-0.25, -0.2) is 0 Å². The standard InChI is InChI=1S/C25H19ClN2O4S2/c26-11-3-5-12(6-4-11)28-23(30)18-14-9-15(19(18)24(28)31)20-17(14)16(10-1-7-13(29)8-2-10)21-22(33-20)27-25(32)34-21/h1-8,14-20,29H,9H2,(H,27,32)/t14-,15+,16+,17+,18+,19+,20+/m0/s1. The number of carbonyl (C=O) groups excluding carboxylic acids is 2. The van der Waals surface area contributed by atoms with Crippen LogP contribution in [0.25, 0.3) is 0 Å². The number of hydrogen-bond donors (Lipinski definition) is 2. The van der Waals surface area contributed by atoms with Gasteiger partial charge in [-0.15, -0.1) is 11.8 Å². The van der Waals surface area contributed by atoms with E-state index in [0.717, 1.165) is 21.9 Å². The highest BCUT2D eigenvalue weighted by Gasteiger charge is 2.69. The number of rotatable bonds is 2. The molecule has 7 atom stereocenters. The highest BCUT2D eigenvalue weighted by molar-refractivity contribution is 8.00. The summed E-state index contributed by atoms with van der Waals surface area (Å²) in [5, 5.41) is 11.4. The average Bonchev–Trinajstić information content (AvgIpc) is 3.54. The van der Waals surface area contributed by atoms with Gasteiger partial charge < -0.3 is 10.1 Å². The Morgan fingerprint density at radius 3 is 2.32 bits per heavy atom. The van der Waals surface area contributed by atoms with Crippen LogP contribution in [0.15, 0.2) is 58.4 Å². The summed E-state index contributed by atoms with van der Waals surface area (Å²) in [6.45, 7) is 0. The molecule has 9 heteroatoms. The molecule has 2 N–H and O–H groups in total. The second-order valence-corrected chi connectivity index (χ2v) is 12.2. The number of amides is 2. The minimum Gasteiger partial charge on any atom is -0.508 e. The van der Waals surface area contributed by atoms with Crippen molar-refractivity contribution in [3.05, 3.63) is 73.7 Å². The van der Waals surface area contributed by atoms with Crippen molar-refractivity contribution < 1.29 is 14.7 Å². The smallest absolute Gasteiger partial charge is 0.305 e. The van der Waals surface area contributed by atoms with Crippen molar-refractivity contribution >= 4 is 52.2 Å². The molecule has 34 heavy (non-hydrogen) atoms. The number of thiazole rings is 1. The van der Waals surface area contributed by atoms with E-state index in [2.05, 4.69) is 4.98 Å². The van der Waals surface area contributed by atoms with Gasteiger partial charge in [0.05, 0.1) is 22.5 Å². The predicted octanol–water partition coefficient (Wildman–Crippen LogP) is 4.47. The Hall–Kier alpha value is -2.55. The molecule has 2 aliphatic heterocycles. The maximum Gasteiger partial charge on any atom is 0.305 e. The van der Waals surface area contributed by atoms with Gasteiger partial charge in [-0.3, -0.25) is 19.3 Å². The molecule has 2 aliphatic carbocycles. The van der Waals surface area contributed by atoms with Crippen molar-refractivity contribution in [3.63, 3.8) is 0 Å². The highest BCUT2D eigenvalue weighted by atomic mass is 35.5. The Kier molecular flexibility index (Phi) is 4.42. The monoisotopic (exact) mass is 510 g/mol. The number of imide groups is 1. The van der Waals surface area contributed by atoms with Crippen LogP contribution in [0.1, 0.15) is 22.8 Å². The number of fused-ring (bicyclic) bond motifs is 9. The lowest BCUT2D eigenvalue weighted by Crippen LogP contribution is -2.42. The molecule has 4 aliphatic rings. The van der Waals surface area contributed by atoms with Crippen LogP contribution >= 0.6 is 34.7 Å². The topological polar surface area (TPSA) is 90.5 Å². The SMILES string of the molecule is O=C1[C@@H]2[C@H]3C[C@@H]([C@H]4Sc5[nH]c(=O)sc5[C@H](c5ccc(O)cc5)[C@@H]34)[C@H]2C(=O)N1c1ccc(Cl)cc1. The third-order valence-corrected chi connectivity index (χ3v) is 10.9. The number of nitrogens with zero attached hydrogens (tertiary/aromatic N) is 1. The van der Waals surface area contributed by atoms with Crippen molar-refractivity contribution in [2.75, 3.05) is 4.90 Å². The normalized spacial score (nSPS) is 33.2. The van der Waals surface area contributed by atoms with E-state index < -0.39 is 0 Å². The first kappa shape index (κ1) is 20.8. The predicted molar refractivity (Wildman–Crippen MR) is 131 cm³/mol. The molecule has 7 rings (SSSR count). The van der Waals surface area contributed by atoms with Gasteiger partial charge in [-0.05, 0) is 66.1 Å². The largest absolute Gasteiger partial charge is 0.508 e. The summed E-state index contributed by atoms with van der Waals surface area (Å²) >= 11 is 8.92. The Morgan fingerprint density at radius 2 is 1.62 bits per heavy atom. The number of benzene rings is 2. The fourth-order valence-corrected chi connectivity index (χ4v) is 9.93. The molecule has 2 aromatic carbocycles.